The number of ether oxygens (including phenoxy) is 1. The van der Waals surface area contributed by atoms with Crippen molar-refractivity contribution in [2.24, 2.45) is 17.6 Å². The van der Waals surface area contributed by atoms with E-state index in [2.05, 4.69) is 10.1 Å². The van der Waals surface area contributed by atoms with Gasteiger partial charge in [-0.05, 0) is 43.1 Å². The third-order valence-electron chi connectivity index (χ3n) is 7.22. The Morgan fingerprint density at radius 1 is 1.16 bits per heavy atom. The monoisotopic (exact) mass is 614 g/mol. The lowest BCUT2D eigenvalue weighted by molar-refractivity contribution is -0.153. The average Bonchev–Trinajstić information content (AvgIpc) is 3.47. The topological polar surface area (TPSA) is 213 Å². The molecule has 1 aromatic carbocycles. The molecule has 240 valence electrons. The van der Waals surface area contributed by atoms with Gasteiger partial charge in [-0.2, -0.15) is 4.79 Å². The lowest BCUT2D eigenvalue weighted by Crippen LogP contribution is -2.59. The molecule has 2 rings (SSSR count). The number of carbonyl (C=O) groups is 6. The first-order valence-electron chi connectivity index (χ1n) is 14.6. The van der Waals surface area contributed by atoms with E-state index in [-0.39, 0.29) is 44.8 Å². The summed E-state index contributed by atoms with van der Waals surface area (Å²) in [5.74, 6) is -4.70. The van der Waals surface area contributed by atoms with E-state index in [1.807, 2.05) is 0 Å². The molecule has 14 nitrogen and oxygen atoms in total. The Kier molecular flexibility index (Phi) is 13.8. The largest absolute Gasteiger partial charge is 0.480 e. The molecule has 14 heteroatoms. The summed E-state index contributed by atoms with van der Waals surface area (Å²) in [5, 5.41) is 12.6. The summed E-state index contributed by atoms with van der Waals surface area (Å²) in [6.07, 6.45) is -0.0976. The lowest BCUT2D eigenvalue weighted by atomic mass is 10.00. The smallest absolute Gasteiger partial charge is 0.417 e. The van der Waals surface area contributed by atoms with Crippen molar-refractivity contribution in [3.8, 4) is 0 Å². The van der Waals surface area contributed by atoms with E-state index < -0.39 is 65.7 Å². The number of ketones is 1. The number of carboxylic acids is 1. The third-order valence-corrected chi connectivity index (χ3v) is 7.22. The van der Waals surface area contributed by atoms with Crippen LogP contribution in [0.25, 0.3) is 5.53 Å². The number of rotatable bonds is 15. The molecule has 4 atom stereocenters. The highest BCUT2D eigenvalue weighted by molar-refractivity contribution is 6.25. The summed E-state index contributed by atoms with van der Waals surface area (Å²) in [6, 6.07) is 3.78. The zero-order chi connectivity index (χ0) is 33.0. The number of carbonyl (C=O) groups excluding carboxylic acids is 5. The number of nitrogens with two attached hydrogens (primary N) is 1. The number of nitrogens with one attached hydrogen (secondary N) is 1. The summed E-state index contributed by atoms with van der Waals surface area (Å²) >= 11 is 0. The molecule has 0 aromatic heterocycles. The number of likely N-dealkylation sites (tertiary alicyclic amines) is 1. The third kappa shape index (κ3) is 10.1. The number of benzene rings is 1. The number of hydrogen-bond acceptors (Lipinski definition) is 8. The number of carboxylic acid groups (broad SMARTS) is 1. The normalized spacial score (nSPS) is 16.4. The molecule has 0 bridgehead atoms. The molecule has 0 radical (unpaired) electrons. The maximum atomic E-state index is 14.0. The van der Waals surface area contributed by atoms with Crippen molar-refractivity contribution in [1.82, 2.24) is 15.1 Å². The highest BCUT2D eigenvalue weighted by Crippen LogP contribution is 2.25. The number of Topliss-reactive ketones (excluding diaryl/α,β-unsaturated/α-hetero) is 1. The van der Waals surface area contributed by atoms with Crippen molar-refractivity contribution in [3.63, 3.8) is 0 Å². The molecule has 1 saturated heterocycles. The van der Waals surface area contributed by atoms with E-state index in [4.69, 9.17) is 16.0 Å². The second kappa shape index (κ2) is 17.0. The molecule has 44 heavy (non-hydrogen) atoms. The highest BCUT2D eigenvalue weighted by atomic mass is 16.6. The number of amides is 4. The number of imide groups is 1. The quantitative estimate of drug-likeness (QED) is 0.149. The van der Waals surface area contributed by atoms with Gasteiger partial charge in [0.15, 0.2) is 0 Å². The van der Waals surface area contributed by atoms with E-state index in [0.717, 1.165) is 0 Å². The van der Waals surface area contributed by atoms with Crippen molar-refractivity contribution in [1.29, 1.82) is 0 Å². The van der Waals surface area contributed by atoms with Gasteiger partial charge in [0.2, 0.25) is 17.6 Å². The first kappa shape index (κ1) is 35.8. The van der Waals surface area contributed by atoms with Gasteiger partial charge >= 0.3 is 18.3 Å². The Morgan fingerprint density at radius 2 is 1.82 bits per heavy atom. The molecule has 1 aromatic rings. The van der Waals surface area contributed by atoms with E-state index in [0.29, 0.717) is 23.1 Å². The van der Waals surface area contributed by atoms with Gasteiger partial charge in [-0.15, -0.1) is 0 Å². The Hall–Kier alpha value is -4.42. The van der Waals surface area contributed by atoms with Crippen LogP contribution >= 0.6 is 0 Å². The van der Waals surface area contributed by atoms with Gasteiger partial charge in [-0.3, -0.25) is 19.2 Å². The summed E-state index contributed by atoms with van der Waals surface area (Å²) in [6.45, 7) is 6.86. The van der Waals surface area contributed by atoms with Gasteiger partial charge in [0.05, 0.1) is 6.04 Å². The zero-order valence-electron chi connectivity index (χ0n) is 25.5. The van der Waals surface area contributed by atoms with Crippen LogP contribution in [0.2, 0.25) is 0 Å². The second-order valence-electron chi connectivity index (χ2n) is 11.5. The number of hydrogen-bond donors (Lipinski definition) is 3. The fourth-order valence-electron chi connectivity index (χ4n) is 4.88. The molecule has 0 spiro atoms. The van der Waals surface area contributed by atoms with E-state index >= 15 is 0 Å². The molecule has 1 fully saturated rings. The van der Waals surface area contributed by atoms with Gasteiger partial charge in [0.25, 0.3) is 5.91 Å². The van der Waals surface area contributed by atoms with Crippen LogP contribution < -0.4 is 11.1 Å². The van der Waals surface area contributed by atoms with Crippen LogP contribution in [0.15, 0.2) is 30.3 Å². The average molecular weight is 615 g/mol. The maximum Gasteiger partial charge on any atom is 0.417 e. The van der Waals surface area contributed by atoms with Crippen molar-refractivity contribution < 1.29 is 43.4 Å². The predicted molar refractivity (Wildman–Crippen MR) is 158 cm³/mol. The molecule has 4 amide bonds. The summed E-state index contributed by atoms with van der Waals surface area (Å²) in [5.41, 5.74) is 15.0. The minimum Gasteiger partial charge on any atom is -0.480 e. The molecule has 0 unspecified atom stereocenters. The number of aliphatic carboxylic acids is 1. The predicted octanol–water partition coefficient (Wildman–Crippen LogP) is 1.76. The highest BCUT2D eigenvalue weighted by Gasteiger charge is 2.45. The van der Waals surface area contributed by atoms with Crippen LogP contribution in [-0.4, -0.2) is 92.2 Å². The van der Waals surface area contributed by atoms with Crippen molar-refractivity contribution >= 4 is 41.8 Å². The van der Waals surface area contributed by atoms with Gasteiger partial charge < -0.3 is 31.3 Å². The zero-order valence-corrected chi connectivity index (χ0v) is 25.5. The molecule has 4 N–H and O–H groups in total. The van der Waals surface area contributed by atoms with Crippen LogP contribution in [0.1, 0.15) is 65.4 Å². The minimum atomic E-state index is -1.53. The summed E-state index contributed by atoms with van der Waals surface area (Å²) in [7, 11) is 0. The second-order valence-corrected chi connectivity index (χ2v) is 11.5. The van der Waals surface area contributed by atoms with E-state index in [1.165, 1.54) is 4.90 Å². The van der Waals surface area contributed by atoms with Crippen molar-refractivity contribution in [2.45, 2.75) is 90.6 Å². The van der Waals surface area contributed by atoms with Gasteiger partial charge in [-0.1, -0.05) is 58.0 Å². The molecule has 1 heterocycles. The minimum absolute atomic E-state index is 0.0304. The van der Waals surface area contributed by atoms with Crippen LogP contribution in [0.5, 0.6) is 0 Å². The SMILES string of the molecule is CC(C)C[C@@H](C(=O)O)N(C(=O)OCc1ccccc1)C(=O)[C@@H]1CCCN1C(=O)[C@@H](NC(=O)[C@@H](N)CCC(=O)C=[N+]=[N-])C(C)C. The fraction of sp³-hybridized carbons (Fsp3) is 0.567. The van der Waals surface area contributed by atoms with Gasteiger partial charge in [0.1, 0.15) is 24.7 Å². The molecular weight excluding hydrogens is 572 g/mol. The van der Waals surface area contributed by atoms with Crippen molar-refractivity contribution in [2.75, 3.05) is 6.54 Å². The standard InChI is InChI=1S/C30H42N6O8/c1-18(2)15-24(29(41)42)36(30(43)44-17-20-9-6-5-7-10-20)27(39)23-11-8-14-35(23)28(40)25(19(3)4)34-26(38)22(31)13-12-21(37)16-33-32/h5-7,9-10,16,18-19,22-25H,8,11-15,17,31H2,1-4H3,(H,34,38)(H,41,42)/t22-,23-,24-,25-/m0/s1. The lowest BCUT2D eigenvalue weighted by Gasteiger charge is -2.34. The fourth-order valence-corrected chi connectivity index (χ4v) is 4.88. The Labute approximate surface area is 256 Å². The van der Waals surface area contributed by atoms with Crippen LogP contribution in [0, 0.1) is 11.8 Å². The maximum absolute atomic E-state index is 14.0. The van der Waals surface area contributed by atoms with E-state index in [9.17, 15) is 33.9 Å². The first-order valence-corrected chi connectivity index (χ1v) is 14.6. The van der Waals surface area contributed by atoms with Gasteiger partial charge in [-0.25, -0.2) is 14.5 Å². The van der Waals surface area contributed by atoms with Crippen LogP contribution in [0.3, 0.4) is 0 Å². The molecule has 1 aliphatic heterocycles. The summed E-state index contributed by atoms with van der Waals surface area (Å²) < 4.78 is 5.38. The summed E-state index contributed by atoms with van der Waals surface area (Å²) in [4.78, 5) is 82.3. The van der Waals surface area contributed by atoms with Crippen LogP contribution in [-0.2, 0) is 35.3 Å². The van der Waals surface area contributed by atoms with E-state index in [1.54, 1.807) is 58.0 Å². The molecule has 1 aliphatic rings. The first-order chi connectivity index (χ1) is 20.8. The molecule has 0 aliphatic carbocycles. The Balaban J connectivity index is 2.29. The van der Waals surface area contributed by atoms with Crippen molar-refractivity contribution in [3.05, 3.63) is 41.4 Å². The Morgan fingerprint density at radius 3 is 2.39 bits per heavy atom. The number of nitrogens with zero attached hydrogens (tertiary/aromatic N) is 4. The van der Waals surface area contributed by atoms with Gasteiger partial charge in [0, 0.05) is 13.0 Å². The van der Waals surface area contributed by atoms with Crippen LogP contribution in [0.4, 0.5) is 4.79 Å². The molecular formula is C30H42N6O8. The molecule has 0 saturated carbocycles. The Bertz CT molecular complexity index is 1250.